The van der Waals surface area contributed by atoms with Gasteiger partial charge in [0.25, 0.3) is 0 Å². The zero-order chi connectivity index (χ0) is 23.6. The van der Waals surface area contributed by atoms with Crippen molar-refractivity contribution in [3.63, 3.8) is 0 Å². The van der Waals surface area contributed by atoms with E-state index in [-0.39, 0.29) is 7.25 Å². The van der Waals surface area contributed by atoms with Crippen molar-refractivity contribution in [1.29, 1.82) is 0 Å². The van der Waals surface area contributed by atoms with Gasteiger partial charge in [0.05, 0.1) is 0 Å². The molecule has 4 rings (SSSR count). The summed E-state index contributed by atoms with van der Waals surface area (Å²) in [5.74, 6) is -0.482. The zero-order valence-electron chi connectivity index (χ0n) is 20.8. The Labute approximate surface area is 203 Å². The van der Waals surface area contributed by atoms with Crippen molar-refractivity contribution in [3.05, 3.63) is 80.9 Å². The van der Waals surface area contributed by atoms with Crippen LogP contribution in [0.2, 0.25) is 13.1 Å². The van der Waals surface area contributed by atoms with Gasteiger partial charge in [0.2, 0.25) is 0 Å². The number of halogens is 2. The molecule has 0 aromatic heterocycles. The van der Waals surface area contributed by atoms with Gasteiger partial charge < -0.3 is 0 Å². The third kappa shape index (κ3) is 3.55. The first-order valence-electron chi connectivity index (χ1n) is 12.1. The number of allylic oxidation sites excluding steroid dienone is 2. The fourth-order valence-electron chi connectivity index (χ4n) is 6.27. The third-order valence-corrected chi connectivity index (χ3v) is 60.3. The summed E-state index contributed by atoms with van der Waals surface area (Å²) in [5.41, 5.74) is 11.1. The van der Waals surface area contributed by atoms with Crippen molar-refractivity contribution in [1.82, 2.24) is 0 Å². The summed E-state index contributed by atoms with van der Waals surface area (Å²) in [5, 5.41) is 0. The number of rotatable bonds is 5. The average molecular weight is 564 g/mol. The third-order valence-electron chi connectivity index (χ3n) is 8.05. The first kappa shape index (κ1) is 24.7. The molecule has 0 bridgehead atoms. The Bertz CT molecular complexity index is 1140. The van der Waals surface area contributed by atoms with Crippen LogP contribution in [0.15, 0.2) is 47.5 Å². The van der Waals surface area contributed by atoms with Gasteiger partial charge in [-0.05, 0) is 0 Å². The fourth-order valence-corrected chi connectivity index (χ4v) is 39.2. The summed E-state index contributed by atoms with van der Waals surface area (Å²) >= 11 is -4.47. The van der Waals surface area contributed by atoms with Crippen molar-refractivity contribution in [3.8, 4) is 0 Å². The Kier molecular flexibility index (Phi) is 6.46. The van der Waals surface area contributed by atoms with Crippen molar-refractivity contribution in [2.45, 2.75) is 73.7 Å². The summed E-state index contributed by atoms with van der Waals surface area (Å²) < 4.78 is 0.393. The van der Waals surface area contributed by atoms with Gasteiger partial charge in [-0.3, -0.25) is 0 Å². The summed E-state index contributed by atoms with van der Waals surface area (Å²) in [6, 6.07) is 13.7. The predicted octanol–water partition coefficient (Wildman–Crippen LogP) is 9.53. The predicted molar refractivity (Wildman–Crippen MR) is 144 cm³/mol. The first-order chi connectivity index (χ1) is 14.9. The monoisotopic (exact) mass is 561 g/mol. The molecular weight excluding hydrogens is 527 g/mol. The van der Waals surface area contributed by atoms with Crippen LogP contribution in [0.4, 0.5) is 0 Å². The molecule has 0 nitrogen and oxygen atoms in total. The molecular formula is C28H37Cl2SiZr. The minimum atomic E-state index is -4.47. The molecule has 2 atom stereocenters. The van der Waals surface area contributed by atoms with Crippen LogP contribution >= 0.6 is 17.0 Å². The summed E-state index contributed by atoms with van der Waals surface area (Å²) in [4.78, 5) is 0. The van der Waals surface area contributed by atoms with Gasteiger partial charge in [-0.15, -0.1) is 0 Å². The van der Waals surface area contributed by atoms with Crippen LogP contribution in [0.5, 0.6) is 0 Å². The minimum absolute atomic E-state index is 0.192. The molecule has 2 unspecified atom stereocenters. The van der Waals surface area contributed by atoms with Gasteiger partial charge in [-0.2, -0.15) is 0 Å². The van der Waals surface area contributed by atoms with E-state index in [0.717, 1.165) is 0 Å². The van der Waals surface area contributed by atoms with Gasteiger partial charge in [-0.25, -0.2) is 0 Å². The Morgan fingerprint density at radius 1 is 0.812 bits per heavy atom. The number of benzene rings is 2. The Morgan fingerprint density at radius 2 is 1.41 bits per heavy atom. The number of hydrogen-bond donors (Lipinski definition) is 0. The molecule has 0 saturated heterocycles. The van der Waals surface area contributed by atoms with Crippen LogP contribution < -0.4 is 0 Å². The van der Waals surface area contributed by atoms with Crippen LogP contribution in [-0.2, 0) is 15.6 Å². The molecule has 0 spiro atoms. The first-order valence-corrected chi connectivity index (χ1v) is 28.4. The van der Waals surface area contributed by atoms with Gasteiger partial charge in [0, 0.05) is 0 Å². The van der Waals surface area contributed by atoms with E-state index in [1.807, 2.05) is 0 Å². The second-order valence-corrected chi connectivity index (χ2v) is 53.6. The molecule has 2 aliphatic carbocycles. The molecule has 4 heteroatoms. The second kappa shape index (κ2) is 8.37. The van der Waals surface area contributed by atoms with Crippen LogP contribution in [0.3, 0.4) is 0 Å². The Hall–Kier alpha value is -0.400. The molecule has 2 aromatic rings. The van der Waals surface area contributed by atoms with E-state index in [9.17, 15) is 0 Å². The molecule has 0 fully saturated rings. The topological polar surface area (TPSA) is 0 Å². The van der Waals surface area contributed by atoms with Crippen molar-refractivity contribution >= 4 is 35.1 Å². The van der Waals surface area contributed by atoms with Crippen molar-refractivity contribution in [2.75, 3.05) is 0 Å². The molecule has 0 heterocycles. The van der Waals surface area contributed by atoms with Crippen molar-refractivity contribution < 1.29 is 15.6 Å². The Balaban J connectivity index is 2.02. The standard InChI is InChI=1S/C16H21.C10H9.C2H7Si.2ClH.Zr/c1-10(2)13-8-14-6-12(5)7-16(14)15(9-13)11(3)4;1-8-6-9-4-2-3-5-10(9)7-8;1-3-2;;;/h6-11H,1-5H3;2-7H,1H3;3H,1-2H3;2*1H;/q;;;;;+2/p-2. The average Bonchev–Trinajstić information content (AvgIpc) is 3.22. The number of hydrogen-bond acceptors (Lipinski definition) is 0. The van der Waals surface area contributed by atoms with Gasteiger partial charge >= 0.3 is 205 Å². The quantitative estimate of drug-likeness (QED) is 0.318. The van der Waals surface area contributed by atoms with Crippen LogP contribution in [-0.4, -0.2) is 5.92 Å². The van der Waals surface area contributed by atoms with Gasteiger partial charge in [-0.1, -0.05) is 0 Å². The van der Waals surface area contributed by atoms with Gasteiger partial charge in [0.1, 0.15) is 0 Å². The summed E-state index contributed by atoms with van der Waals surface area (Å²) in [7, 11) is 16.4. The van der Waals surface area contributed by atoms with E-state index in [1.54, 1.807) is 0 Å². The normalized spacial score (nSPS) is 21.5. The van der Waals surface area contributed by atoms with E-state index in [0.29, 0.717) is 11.8 Å². The van der Waals surface area contributed by atoms with Gasteiger partial charge in [0.15, 0.2) is 0 Å². The van der Waals surface area contributed by atoms with E-state index >= 15 is 0 Å². The maximum atomic E-state index is 8.21. The van der Waals surface area contributed by atoms with E-state index in [1.165, 1.54) is 44.5 Å². The molecule has 0 amide bonds. The summed E-state index contributed by atoms with van der Waals surface area (Å²) in [6.07, 6.45) is 4.77. The Morgan fingerprint density at radius 3 is 2.00 bits per heavy atom. The molecule has 2 aromatic carbocycles. The molecule has 2 aliphatic rings. The van der Waals surface area contributed by atoms with Crippen LogP contribution in [0.1, 0.15) is 94.0 Å². The van der Waals surface area contributed by atoms with Crippen LogP contribution in [0, 0.1) is 0 Å². The molecule has 0 N–H and O–H groups in total. The SMILES string of the molecule is CC1=Cc2ccccc2[CH]1[Zr]([Cl])([Cl])([CH]1C(C)=Cc2c(C(C)C)cc(C(C)C)cc21)[SiH](C)C. The number of fused-ring (bicyclic) bond motifs is 2. The van der Waals surface area contributed by atoms with Crippen LogP contribution in [0.25, 0.3) is 12.2 Å². The summed E-state index contributed by atoms with van der Waals surface area (Å²) in [6.45, 7) is 18.6. The van der Waals surface area contributed by atoms with E-state index < -0.39 is 21.5 Å². The maximum absolute atomic E-state index is 8.21. The van der Waals surface area contributed by atoms with Crippen molar-refractivity contribution in [2.24, 2.45) is 0 Å². The second-order valence-electron chi connectivity index (χ2n) is 11.1. The molecule has 171 valence electrons. The molecule has 0 radical (unpaired) electrons. The molecule has 32 heavy (non-hydrogen) atoms. The zero-order valence-corrected chi connectivity index (χ0v) is 25.9. The molecule has 0 saturated carbocycles. The van der Waals surface area contributed by atoms with E-state index in [2.05, 4.69) is 103 Å². The molecule has 0 aliphatic heterocycles. The fraction of sp³-hybridized carbons (Fsp3) is 0.429. The van der Waals surface area contributed by atoms with E-state index in [4.69, 9.17) is 17.0 Å².